The minimum absolute atomic E-state index is 0.0845. The lowest BCUT2D eigenvalue weighted by atomic mass is 10.1. The number of carbonyl (C=O) groups excluding carboxylic acids is 2. The number of hydrogen-bond donors (Lipinski definition) is 2. The van der Waals surface area contributed by atoms with Crippen molar-refractivity contribution < 1.29 is 31.9 Å². The molecule has 162 valence electrons. The Hall–Kier alpha value is -3.68. The number of aromatic nitrogens is 2. The second-order valence-corrected chi connectivity index (χ2v) is 7.37. The molecule has 0 saturated carbocycles. The van der Waals surface area contributed by atoms with E-state index in [2.05, 4.69) is 9.97 Å². The number of hydrogen-bond acceptors (Lipinski definition) is 8. The van der Waals surface area contributed by atoms with Gasteiger partial charge in [0, 0.05) is 14.1 Å². The van der Waals surface area contributed by atoms with Gasteiger partial charge in [0.15, 0.2) is 0 Å². The van der Waals surface area contributed by atoms with E-state index in [1.165, 1.54) is 34.4 Å². The molecule has 0 bridgehead atoms. The van der Waals surface area contributed by atoms with Crippen molar-refractivity contribution in [1.29, 1.82) is 0 Å². The molecule has 30 heavy (non-hydrogen) atoms. The maximum atomic E-state index is 13.9. The quantitative estimate of drug-likeness (QED) is 0.623. The molecule has 3 N–H and O–H groups in total. The molecule has 12 nitrogen and oxygen atoms in total. The minimum atomic E-state index is -4.79. The Bertz CT molecular complexity index is 1060. The third kappa shape index (κ3) is 4.83. The fourth-order valence-electron chi connectivity index (χ4n) is 2.31. The second-order valence-electron chi connectivity index (χ2n) is 5.85. The average Bonchev–Trinajstić information content (AvgIpc) is 2.66. The van der Waals surface area contributed by atoms with Crippen LogP contribution in [0.15, 0.2) is 24.3 Å². The van der Waals surface area contributed by atoms with Crippen LogP contribution >= 0.6 is 0 Å². The van der Waals surface area contributed by atoms with Gasteiger partial charge < -0.3 is 20.1 Å². The van der Waals surface area contributed by atoms with Gasteiger partial charge in [0.25, 0.3) is 11.9 Å². The number of ether oxygens (including phenoxy) is 2. The van der Waals surface area contributed by atoms with Crippen molar-refractivity contribution in [2.45, 2.75) is 0 Å². The normalized spacial score (nSPS) is 10.8. The van der Waals surface area contributed by atoms with Crippen LogP contribution in [0.2, 0.25) is 0 Å². The first-order chi connectivity index (χ1) is 14.0. The number of nitrogens with two attached hydrogens (primary N) is 1. The smallest absolute Gasteiger partial charge is 0.334 e. The Labute approximate surface area is 171 Å². The maximum Gasteiger partial charge on any atom is 0.334 e. The number of urea groups is 1. The van der Waals surface area contributed by atoms with Crippen LogP contribution in [-0.4, -0.2) is 63.5 Å². The fourth-order valence-corrected chi connectivity index (χ4v) is 3.37. The highest BCUT2D eigenvalue weighted by molar-refractivity contribution is 7.91. The molecule has 0 saturated heterocycles. The van der Waals surface area contributed by atoms with Crippen LogP contribution in [0.1, 0.15) is 10.4 Å². The Balaban J connectivity index is 2.87. The molecule has 1 aromatic carbocycles. The van der Waals surface area contributed by atoms with Gasteiger partial charge in [-0.3, -0.25) is 4.79 Å². The van der Waals surface area contributed by atoms with E-state index in [1.54, 1.807) is 4.72 Å². The molecule has 0 atom stereocenters. The summed E-state index contributed by atoms with van der Waals surface area (Å²) in [4.78, 5) is 32.9. The number of benzene rings is 1. The summed E-state index contributed by atoms with van der Waals surface area (Å²) in [5.74, 6) is -2.25. The van der Waals surface area contributed by atoms with Crippen LogP contribution in [0.5, 0.6) is 11.8 Å². The van der Waals surface area contributed by atoms with E-state index >= 15 is 0 Å². The number of amides is 3. The number of nitrogens with zero attached hydrogens (tertiary/aromatic N) is 4. The second kappa shape index (κ2) is 8.77. The van der Waals surface area contributed by atoms with Crippen LogP contribution in [0.4, 0.5) is 20.8 Å². The van der Waals surface area contributed by atoms with Gasteiger partial charge in [-0.2, -0.15) is 22.7 Å². The third-order valence-corrected chi connectivity index (χ3v) is 4.85. The van der Waals surface area contributed by atoms with Crippen molar-refractivity contribution in [3.63, 3.8) is 0 Å². The number of anilines is 2. The summed E-state index contributed by atoms with van der Waals surface area (Å²) in [7, 11) is 0.528. The lowest BCUT2D eigenvalue weighted by molar-refractivity contribution is 0.0828. The zero-order valence-electron chi connectivity index (χ0n) is 16.4. The fraction of sp³-hybridized carbons (Fsp3) is 0.250. The largest absolute Gasteiger partial charge is 0.481 e. The average molecular weight is 442 g/mol. The van der Waals surface area contributed by atoms with Gasteiger partial charge in [0.2, 0.25) is 11.8 Å². The zero-order valence-corrected chi connectivity index (χ0v) is 17.2. The first-order valence-corrected chi connectivity index (χ1v) is 9.55. The molecule has 2 aromatic rings. The summed E-state index contributed by atoms with van der Waals surface area (Å²) >= 11 is 0. The van der Waals surface area contributed by atoms with Crippen molar-refractivity contribution in [2.75, 3.05) is 32.6 Å². The Morgan fingerprint density at radius 2 is 1.67 bits per heavy atom. The van der Waals surface area contributed by atoms with E-state index in [9.17, 15) is 22.4 Å². The molecular weight excluding hydrogens is 423 g/mol. The van der Waals surface area contributed by atoms with Crippen LogP contribution < -0.4 is 24.2 Å². The van der Waals surface area contributed by atoms with Crippen molar-refractivity contribution in [3.05, 3.63) is 35.6 Å². The minimum Gasteiger partial charge on any atom is -0.481 e. The summed E-state index contributed by atoms with van der Waals surface area (Å²) < 4.78 is 51.7. The summed E-state index contributed by atoms with van der Waals surface area (Å²) in [6.07, 6.45) is 0. The molecule has 14 heteroatoms. The maximum absolute atomic E-state index is 13.9. The van der Waals surface area contributed by atoms with E-state index in [1.807, 2.05) is 0 Å². The molecule has 2 rings (SSSR count). The first-order valence-electron chi connectivity index (χ1n) is 8.11. The third-order valence-electron chi connectivity index (χ3n) is 3.55. The molecule has 1 heterocycles. The number of carbonyl (C=O) groups is 2. The van der Waals surface area contributed by atoms with Gasteiger partial charge in [-0.1, -0.05) is 0 Å². The Morgan fingerprint density at radius 1 is 1.10 bits per heavy atom. The summed E-state index contributed by atoms with van der Waals surface area (Å²) in [5.41, 5.74) is 4.28. The van der Waals surface area contributed by atoms with Crippen LogP contribution in [-0.2, 0) is 10.2 Å². The topological polar surface area (TPSA) is 157 Å². The van der Waals surface area contributed by atoms with Gasteiger partial charge in [-0.05, 0) is 18.2 Å². The Morgan fingerprint density at radius 3 is 2.13 bits per heavy atom. The SMILES string of the molecule is COc1cc(OC)nc(N(c2ccc(F)cc2C(=O)N(C)C)S(=O)(=O)NC(N)=O)n1. The molecule has 0 unspecified atom stereocenters. The molecule has 3 amide bonds. The van der Waals surface area contributed by atoms with Gasteiger partial charge in [0.1, 0.15) is 5.82 Å². The Kier molecular flexibility index (Phi) is 6.61. The highest BCUT2D eigenvalue weighted by Crippen LogP contribution is 2.32. The zero-order chi connectivity index (χ0) is 22.6. The van der Waals surface area contributed by atoms with E-state index < -0.39 is 33.9 Å². The standard InChI is InChI=1S/C16H19FN6O6S/c1-22(2)14(24)10-7-9(17)5-6-11(10)23(30(26,27)21-15(18)25)16-19-12(28-3)8-13(20-16)29-4/h5-8H,1-4H3,(H3,18,21,25). The van der Waals surface area contributed by atoms with Crippen molar-refractivity contribution in [1.82, 2.24) is 19.6 Å². The molecule has 1 aromatic heterocycles. The van der Waals surface area contributed by atoms with Crippen LogP contribution in [0, 0.1) is 5.82 Å². The first kappa shape index (κ1) is 22.6. The summed E-state index contributed by atoms with van der Waals surface area (Å²) in [5, 5.41) is 0. The lowest BCUT2D eigenvalue weighted by Crippen LogP contribution is -2.45. The summed E-state index contributed by atoms with van der Waals surface area (Å²) in [6.45, 7) is 0. The molecule has 0 aliphatic rings. The highest BCUT2D eigenvalue weighted by atomic mass is 32.2. The van der Waals surface area contributed by atoms with E-state index in [4.69, 9.17) is 15.2 Å². The van der Waals surface area contributed by atoms with Crippen molar-refractivity contribution in [3.8, 4) is 11.8 Å². The molecule has 0 radical (unpaired) electrons. The van der Waals surface area contributed by atoms with Gasteiger partial charge in [0.05, 0.1) is 31.5 Å². The van der Waals surface area contributed by atoms with E-state index in [0.29, 0.717) is 4.31 Å². The molecule has 0 aliphatic heterocycles. The van der Waals surface area contributed by atoms with Gasteiger partial charge >= 0.3 is 16.2 Å². The molecule has 0 fully saturated rings. The monoisotopic (exact) mass is 442 g/mol. The lowest BCUT2D eigenvalue weighted by Gasteiger charge is -2.25. The predicted octanol–water partition coefficient (Wildman–Crippen LogP) is 0.386. The summed E-state index contributed by atoms with van der Waals surface area (Å²) in [6, 6.07) is 2.64. The number of halogens is 1. The number of primary amides is 1. The highest BCUT2D eigenvalue weighted by Gasteiger charge is 2.33. The van der Waals surface area contributed by atoms with Crippen LogP contribution in [0.3, 0.4) is 0 Å². The molecule has 0 spiro atoms. The predicted molar refractivity (Wildman–Crippen MR) is 103 cm³/mol. The molecular formula is C16H19FN6O6S. The number of rotatable bonds is 7. The van der Waals surface area contributed by atoms with Gasteiger partial charge in [-0.25, -0.2) is 13.9 Å². The number of nitrogens with one attached hydrogen (secondary N) is 1. The van der Waals surface area contributed by atoms with Crippen molar-refractivity contribution >= 4 is 33.8 Å². The van der Waals surface area contributed by atoms with Crippen LogP contribution in [0.25, 0.3) is 0 Å². The van der Waals surface area contributed by atoms with E-state index in [0.717, 1.165) is 23.1 Å². The van der Waals surface area contributed by atoms with Gasteiger partial charge in [-0.15, -0.1) is 0 Å². The van der Waals surface area contributed by atoms with Crippen molar-refractivity contribution in [2.24, 2.45) is 5.73 Å². The molecule has 0 aliphatic carbocycles. The van der Waals surface area contributed by atoms with E-state index in [-0.39, 0.29) is 23.0 Å². The number of methoxy groups -OCH3 is 2.